The van der Waals surface area contributed by atoms with Crippen molar-refractivity contribution in [1.29, 1.82) is 0 Å². The number of carbonyl (C=O) groups is 2. The summed E-state index contributed by atoms with van der Waals surface area (Å²) in [5.41, 5.74) is 2.43. The van der Waals surface area contributed by atoms with E-state index in [1.807, 2.05) is 6.92 Å². The first-order chi connectivity index (χ1) is 13.9. The average molecular weight is 396 g/mol. The van der Waals surface area contributed by atoms with Gasteiger partial charge in [0.25, 0.3) is 0 Å². The Morgan fingerprint density at radius 1 is 1.31 bits per heavy atom. The molecule has 1 aliphatic carbocycles. The first-order valence-electron chi connectivity index (χ1n) is 9.56. The number of aryl methyl sites for hydroxylation is 1. The lowest BCUT2D eigenvalue weighted by Crippen LogP contribution is -2.22. The number of ether oxygens (including phenoxy) is 1. The van der Waals surface area contributed by atoms with Gasteiger partial charge in [-0.05, 0) is 49.6 Å². The number of hydrogen-bond acceptors (Lipinski definition) is 4. The second-order valence-electron chi connectivity index (χ2n) is 7.24. The third kappa shape index (κ3) is 3.16. The van der Waals surface area contributed by atoms with Crippen LogP contribution in [0.3, 0.4) is 0 Å². The summed E-state index contributed by atoms with van der Waals surface area (Å²) < 4.78 is 21.8. The van der Waals surface area contributed by atoms with Crippen LogP contribution in [0.2, 0.25) is 0 Å². The molecule has 150 valence electrons. The third-order valence-corrected chi connectivity index (χ3v) is 5.51. The number of pyridine rings is 1. The van der Waals surface area contributed by atoms with Gasteiger partial charge >= 0.3 is 5.97 Å². The number of aromatic nitrogens is 2. The Bertz CT molecular complexity index is 1120. The van der Waals surface area contributed by atoms with Gasteiger partial charge in [0.15, 0.2) is 17.2 Å². The number of nitrogens with zero attached hydrogens (tertiary/aromatic N) is 2. The summed E-state index contributed by atoms with van der Waals surface area (Å²) in [7, 11) is 0. The summed E-state index contributed by atoms with van der Waals surface area (Å²) in [4.78, 5) is 29.5. The summed E-state index contributed by atoms with van der Waals surface area (Å²) in [6.45, 7) is 4.06. The maximum absolute atomic E-state index is 14.5. The predicted molar refractivity (Wildman–Crippen MR) is 104 cm³/mol. The number of ketones is 1. The fourth-order valence-corrected chi connectivity index (χ4v) is 4.32. The Hall–Kier alpha value is -3.22. The van der Waals surface area contributed by atoms with Crippen LogP contribution in [0.5, 0.6) is 5.75 Å². The van der Waals surface area contributed by atoms with E-state index in [2.05, 4.69) is 4.98 Å². The molecule has 0 saturated heterocycles. The van der Waals surface area contributed by atoms with Crippen molar-refractivity contribution in [2.45, 2.75) is 32.6 Å². The zero-order chi connectivity index (χ0) is 20.7. The number of carboxylic acids is 1. The van der Waals surface area contributed by atoms with Gasteiger partial charge in [0.1, 0.15) is 11.5 Å². The van der Waals surface area contributed by atoms with Crippen molar-refractivity contribution in [3.05, 3.63) is 64.9 Å². The minimum atomic E-state index is -1.02. The lowest BCUT2D eigenvalue weighted by atomic mass is 9.87. The van der Waals surface area contributed by atoms with Gasteiger partial charge in [-0.25, -0.2) is 9.37 Å². The lowest BCUT2D eigenvalue weighted by Gasteiger charge is -2.17. The molecule has 0 saturated carbocycles. The molecule has 6 nitrogen and oxygen atoms in total. The van der Waals surface area contributed by atoms with E-state index in [0.29, 0.717) is 40.5 Å². The summed E-state index contributed by atoms with van der Waals surface area (Å²) in [5, 5.41) is 9.64. The number of benzene rings is 1. The molecule has 0 aliphatic heterocycles. The van der Waals surface area contributed by atoms with E-state index >= 15 is 0 Å². The second-order valence-corrected chi connectivity index (χ2v) is 7.24. The summed E-state index contributed by atoms with van der Waals surface area (Å²) in [6, 6.07) is 8.16. The van der Waals surface area contributed by atoms with Gasteiger partial charge in [0.2, 0.25) is 0 Å². The predicted octanol–water partition coefficient (Wildman–Crippen LogP) is 3.79. The maximum Gasteiger partial charge on any atom is 0.307 e. The van der Waals surface area contributed by atoms with Crippen molar-refractivity contribution < 1.29 is 23.8 Å². The van der Waals surface area contributed by atoms with Crippen LogP contribution in [0.15, 0.2) is 36.5 Å². The van der Waals surface area contributed by atoms with E-state index in [0.717, 1.165) is 0 Å². The van der Waals surface area contributed by atoms with Crippen molar-refractivity contribution in [3.63, 3.8) is 0 Å². The van der Waals surface area contributed by atoms with Gasteiger partial charge in [-0.1, -0.05) is 12.1 Å². The normalized spacial score (nSPS) is 18.0. The Labute approximate surface area is 167 Å². The van der Waals surface area contributed by atoms with Gasteiger partial charge in [0, 0.05) is 18.5 Å². The van der Waals surface area contributed by atoms with Crippen LogP contribution in [-0.2, 0) is 11.2 Å². The Kier molecular flexibility index (Phi) is 4.82. The maximum atomic E-state index is 14.5. The number of rotatable bonds is 6. The van der Waals surface area contributed by atoms with E-state index in [-0.39, 0.29) is 18.6 Å². The Morgan fingerprint density at radius 3 is 2.83 bits per heavy atom. The summed E-state index contributed by atoms with van der Waals surface area (Å²) >= 11 is 0. The Morgan fingerprint density at radius 2 is 2.10 bits per heavy atom. The number of halogens is 1. The molecular weight excluding hydrogens is 375 g/mol. The van der Waals surface area contributed by atoms with Crippen LogP contribution < -0.4 is 4.74 Å². The smallest absolute Gasteiger partial charge is 0.307 e. The number of carboxylic acid groups (broad SMARTS) is 1. The highest BCUT2D eigenvalue weighted by atomic mass is 19.1. The zero-order valence-corrected chi connectivity index (χ0v) is 16.2. The highest BCUT2D eigenvalue weighted by Gasteiger charge is 2.40. The topological polar surface area (TPSA) is 80.9 Å². The molecule has 1 N–H and O–H groups in total. The fourth-order valence-electron chi connectivity index (χ4n) is 4.32. The van der Waals surface area contributed by atoms with Gasteiger partial charge < -0.3 is 9.84 Å². The second kappa shape index (κ2) is 7.31. The molecule has 0 fully saturated rings. The molecular formula is C22H21FN2O4. The number of carbonyl (C=O) groups excluding carboxylic acids is 1. The van der Waals surface area contributed by atoms with Crippen molar-refractivity contribution in [2.75, 3.05) is 6.61 Å². The van der Waals surface area contributed by atoms with Crippen molar-refractivity contribution in [1.82, 2.24) is 9.38 Å². The highest BCUT2D eigenvalue weighted by molar-refractivity contribution is 5.97. The fraction of sp³-hybridized carbons (Fsp3) is 0.318. The molecule has 0 amide bonds. The lowest BCUT2D eigenvalue weighted by molar-refractivity contribution is -0.142. The molecule has 2 heterocycles. The highest BCUT2D eigenvalue weighted by Crippen LogP contribution is 2.42. The first-order valence-corrected chi connectivity index (χ1v) is 9.56. The van der Waals surface area contributed by atoms with Gasteiger partial charge in [0.05, 0.1) is 18.2 Å². The van der Waals surface area contributed by atoms with Crippen molar-refractivity contribution in [2.24, 2.45) is 5.92 Å². The standard InChI is InChI=1S/C22H21FN2O4/c1-3-29-18-8-5-9-25-20(12(2)24-21(18)25)17(26)11-14-15(22(27)28)10-13-6-4-7-16(23)19(13)14/h4-9,14-15H,3,10-11H2,1-2H3,(H,27,28)/t14-,15+/m0/s1. The van der Waals surface area contributed by atoms with Crippen molar-refractivity contribution in [3.8, 4) is 5.75 Å². The molecule has 3 aromatic rings. The van der Waals surface area contributed by atoms with Crippen LogP contribution in [0.25, 0.3) is 5.65 Å². The SMILES string of the molecule is CCOc1cccn2c(C(=O)C[C@@H]3c4c(F)cccc4C[C@H]3C(=O)O)c(C)nc12. The molecule has 29 heavy (non-hydrogen) atoms. The molecule has 1 aromatic carbocycles. The van der Waals surface area contributed by atoms with E-state index in [4.69, 9.17) is 4.74 Å². The van der Waals surface area contributed by atoms with Crippen LogP contribution in [0.1, 0.15) is 46.6 Å². The van der Waals surface area contributed by atoms with Gasteiger partial charge in [-0.3, -0.25) is 14.0 Å². The van der Waals surface area contributed by atoms with Gasteiger partial charge in [-0.2, -0.15) is 0 Å². The molecule has 0 radical (unpaired) electrons. The van der Waals surface area contributed by atoms with Crippen LogP contribution in [-0.4, -0.2) is 32.9 Å². The van der Waals surface area contributed by atoms with E-state index in [1.165, 1.54) is 6.07 Å². The van der Waals surface area contributed by atoms with Gasteiger partial charge in [-0.15, -0.1) is 0 Å². The number of imidazole rings is 1. The van der Waals surface area contributed by atoms with E-state index in [9.17, 15) is 19.1 Å². The monoisotopic (exact) mass is 396 g/mol. The largest absolute Gasteiger partial charge is 0.490 e. The molecule has 0 unspecified atom stereocenters. The summed E-state index contributed by atoms with van der Waals surface area (Å²) in [5.74, 6) is -2.72. The number of aliphatic carboxylic acids is 1. The third-order valence-electron chi connectivity index (χ3n) is 5.51. The first kappa shape index (κ1) is 19.1. The molecule has 2 aromatic heterocycles. The molecule has 1 aliphatic rings. The van der Waals surface area contributed by atoms with Crippen LogP contribution in [0, 0.1) is 18.7 Å². The van der Waals surface area contributed by atoms with Crippen LogP contribution >= 0.6 is 0 Å². The van der Waals surface area contributed by atoms with E-state index < -0.39 is 23.6 Å². The minimum Gasteiger partial charge on any atom is -0.490 e. The summed E-state index contributed by atoms with van der Waals surface area (Å²) in [6.07, 6.45) is 1.85. The number of hydrogen-bond donors (Lipinski definition) is 1. The molecule has 7 heteroatoms. The van der Waals surface area contributed by atoms with Crippen molar-refractivity contribution >= 4 is 17.4 Å². The average Bonchev–Trinajstić information content (AvgIpc) is 3.21. The number of fused-ring (bicyclic) bond motifs is 2. The minimum absolute atomic E-state index is 0.0988. The molecule has 4 rings (SSSR count). The van der Waals surface area contributed by atoms with Crippen LogP contribution in [0.4, 0.5) is 4.39 Å². The molecule has 0 spiro atoms. The van der Waals surface area contributed by atoms with E-state index in [1.54, 1.807) is 41.8 Å². The Balaban J connectivity index is 1.74. The zero-order valence-electron chi connectivity index (χ0n) is 16.2. The molecule has 2 atom stereocenters. The quantitative estimate of drug-likeness (QED) is 0.641. The molecule has 0 bridgehead atoms. The number of Topliss-reactive ketones (excluding diaryl/α,β-unsaturated/α-hetero) is 1.